The number of aromatic amines is 2. The van der Waals surface area contributed by atoms with E-state index in [4.69, 9.17) is 32.0 Å². The van der Waals surface area contributed by atoms with E-state index in [2.05, 4.69) is 60.5 Å². The van der Waals surface area contributed by atoms with Crippen LogP contribution in [0.5, 0.6) is 0 Å². The van der Waals surface area contributed by atoms with Gasteiger partial charge in [0.15, 0.2) is 10.4 Å². The quantitative estimate of drug-likeness (QED) is 0.284. The number of aliphatic imine (C=N–C) groups is 2. The van der Waals surface area contributed by atoms with Gasteiger partial charge in [-0.2, -0.15) is 20.2 Å². The van der Waals surface area contributed by atoms with Gasteiger partial charge in [-0.25, -0.2) is 20.2 Å². The van der Waals surface area contributed by atoms with Crippen LogP contribution in [0.3, 0.4) is 0 Å². The number of hydrogen-bond acceptors (Lipinski definition) is 8. The SMILES string of the molecule is Clc1ccc(/C=N/c2ncn[nH]2)o1.Clc1ccc(/C=N/c2ncn[nH]2)o1.[Cl][Cu][Cl]. The molecule has 0 aliphatic rings. The van der Waals surface area contributed by atoms with Gasteiger partial charge >= 0.3 is 33.3 Å². The van der Waals surface area contributed by atoms with Crippen LogP contribution < -0.4 is 0 Å². The Balaban J connectivity index is 0.000000183. The average molecular weight is 528 g/mol. The Morgan fingerprint density at radius 2 is 1.21 bits per heavy atom. The average Bonchev–Trinajstić information content (AvgIpc) is 3.49. The van der Waals surface area contributed by atoms with Crippen LogP contribution in [-0.2, 0) is 13.1 Å². The van der Waals surface area contributed by atoms with Gasteiger partial charge in [-0.3, -0.25) is 0 Å². The first kappa shape index (κ1) is 23.1. The van der Waals surface area contributed by atoms with Gasteiger partial charge in [-0.15, -0.1) is 0 Å². The molecule has 0 saturated carbocycles. The second-order valence-corrected chi connectivity index (χ2v) is 6.76. The summed E-state index contributed by atoms with van der Waals surface area (Å²) in [5.74, 6) is 1.99. The molecule has 0 atom stereocenters. The summed E-state index contributed by atoms with van der Waals surface area (Å²) in [5, 5.41) is 13.1. The van der Waals surface area contributed by atoms with Crippen molar-refractivity contribution in [1.82, 2.24) is 30.4 Å². The van der Waals surface area contributed by atoms with Gasteiger partial charge in [-0.1, -0.05) is 0 Å². The third-order valence-corrected chi connectivity index (χ3v) is 3.03. The molecule has 0 amide bonds. The van der Waals surface area contributed by atoms with Crippen molar-refractivity contribution in [3.05, 3.63) is 58.9 Å². The zero-order valence-electron chi connectivity index (χ0n) is 13.9. The second-order valence-electron chi connectivity index (χ2n) is 4.46. The predicted octanol–water partition coefficient (Wildman–Crippen LogP) is 4.98. The molecule has 4 rings (SSSR count). The van der Waals surface area contributed by atoms with Crippen LogP contribution in [0.25, 0.3) is 0 Å². The fraction of sp³-hybridized carbons (Fsp3) is 0. The van der Waals surface area contributed by atoms with Gasteiger partial charge in [0.25, 0.3) is 0 Å². The van der Waals surface area contributed by atoms with E-state index in [0.29, 0.717) is 33.9 Å². The Labute approximate surface area is 188 Å². The summed E-state index contributed by atoms with van der Waals surface area (Å²) in [6.07, 6.45) is 5.77. The molecule has 0 bridgehead atoms. The van der Waals surface area contributed by atoms with E-state index in [9.17, 15) is 0 Å². The molecule has 2 N–H and O–H groups in total. The maximum atomic E-state index is 5.56. The van der Waals surface area contributed by atoms with Gasteiger partial charge in [0, 0.05) is 0 Å². The molecular weight excluding hydrogens is 518 g/mol. The summed E-state index contributed by atoms with van der Waals surface area (Å²) in [6.45, 7) is 0. The predicted molar refractivity (Wildman–Crippen MR) is 106 cm³/mol. The Morgan fingerprint density at radius 3 is 1.48 bits per heavy atom. The van der Waals surface area contributed by atoms with Crippen molar-refractivity contribution in [2.75, 3.05) is 0 Å². The first-order valence-corrected chi connectivity index (χ1v) is 10.6. The second kappa shape index (κ2) is 13.2. The third kappa shape index (κ3) is 9.27. The van der Waals surface area contributed by atoms with Crippen LogP contribution in [0.4, 0.5) is 11.9 Å². The van der Waals surface area contributed by atoms with Crippen LogP contribution in [0.1, 0.15) is 11.5 Å². The molecule has 0 radical (unpaired) electrons. The molecule has 157 valence electrons. The van der Waals surface area contributed by atoms with Crippen molar-refractivity contribution < 1.29 is 22.0 Å². The van der Waals surface area contributed by atoms with Crippen LogP contribution in [0.2, 0.25) is 10.4 Å². The van der Waals surface area contributed by atoms with Crippen LogP contribution in [0.15, 0.2) is 55.7 Å². The molecular formula is C14H10Cl4CuN8O2. The van der Waals surface area contributed by atoms with Gasteiger partial charge in [0.1, 0.15) is 24.2 Å². The van der Waals surface area contributed by atoms with Crippen LogP contribution in [-0.4, -0.2) is 42.8 Å². The molecule has 4 heterocycles. The number of H-pyrrole nitrogens is 2. The standard InChI is InChI=1S/2C7H5ClN4O.2ClH.Cu/c2*8-6-2-1-5(13-6)3-9-7-10-4-11-12-7;;;/h2*1-4H,(H,10,11,12);2*1H;/q;;;;+2/p-2/b2*9-3+;;;. The monoisotopic (exact) mass is 525 g/mol. The number of halogens is 4. The third-order valence-electron chi connectivity index (χ3n) is 2.62. The molecule has 0 aromatic carbocycles. The summed E-state index contributed by atoms with van der Waals surface area (Å²) >= 11 is 11.9. The fourth-order valence-corrected chi connectivity index (χ4v) is 1.87. The number of furan rings is 2. The minimum absolute atomic E-state index is 0.332. The van der Waals surface area contributed by atoms with E-state index >= 15 is 0 Å². The van der Waals surface area contributed by atoms with E-state index in [1.165, 1.54) is 25.1 Å². The molecule has 0 aliphatic carbocycles. The summed E-state index contributed by atoms with van der Waals surface area (Å²) in [6, 6.07) is 6.71. The molecule has 10 nitrogen and oxygen atoms in total. The fourth-order valence-electron chi connectivity index (χ4n) is 1.57. The molecule has 4 aromatic rings. The van der Waals surface area contributed by atoms with Gasteiger partial charge in [0.05, 0.1) is 12.4 Å². The molecule has 0 saturated heterocycles. The Morgan fingerprint density at radius 1 is 0.793 bits per heavy atom. The molecule has 15 heteroatoms. The Hall–Kier alpha value is -2.14. The van der Waals surface area contributed by atoms with Crippen molar-refractivity contribution in [2.45, 2.75) is 0 Å². The minimum atomic E-state index is 0.332. The van der Waals surface area contributed by atoms with Gasteiger partial charge < -0.3 is 8.83 Å². The van der Waals surface area contributed by atoms with Crippen molar-refractivity contribution in [2.24, 2.45) is 9.98 Å². The zero-order chi connectivity index (χ0) is 20.9. The van der Waals surface area contributed by atoms with Crippen molar-refractivity contribution >= 4 is 67.7 Å². The Bertz CT molecular complexity index is 920. The summed E-state index contributed by atoms with van der Waals surface area (Å²) in [5.41, 5.74) is 0. The summed E-state index contributed by atoms with van der Waals surface area (Å²) < 4.78 is 10.1. The number of rotatable bonds is 4. The first-order chi connectivity index (χ1) is 14.1. The molecule has 0 aliphatic heterocycles. The van der Waals surface area contributed by atoms with E-state index in [1.807, 2.05) is 0 Å². The Kier molecular flexibility index (Phi) is 10.5. The van der Waals surface area contributed by atoms with Crippen molar-refractivity contribution in [1.29, 1.82) is 0 Å². The molecule has 0 fully saturated rings. The van der Waals surface area contributed by atoms with E-state index < -0.39 is 0 Å². The topological polar surface area (TPSA) is 134 Å². The molecule has 0 unspecified atom stereocenters. The number of nitrogens with one attached hydrogen (secondary N) is 2. The van der Waals surface area contributed by atoms with E-state index in [0.717, 1.165) is 13.1 Å². The van der Waals surface area contributed by atoms with Crippen LogP contribution in [0, 0.1) is 0 Å². The molecule has 0 spiro atoms. The number of aromatic nitrogens is 6. The normalized spacial score (nSPS) is 10.8. The van der Waals surface area contributed by atoms with Gasteiger partial charge in [0.2, 0.25) is 11.9 Å². The van der Waals surface area contributed by atoms with Crippen LogP contribution >= 0.6 is 43.4 Å². The van der Waals surface area contributed by atoms with E-state index in [1.54, 1.807) is 24.3 Å². The number of nitrogens with zero attached hydrogens (tertiary/aromatic N) is 6. The van der Waals surface area contributed by atoms with Crippen molar-refractivity contribution in [3.8, 4) is 0 Å². The van der Waals surface area contributed by atoms with Crippen molar-refractivity contribution in [3.63, 3.8) is 0 Å². The first-order valence-electron chi connectivity index (χ1n) is 7.21. The molecule has 4 aromatic heterocycles. The molecule has 29 heavy (non-hydrogen) atoms. The van der Waals surface area contributed by atoms with Gasteiger partial charge in [-0.05, 0) is 47.5 Å². The summed E-state index contributed by atoms with van der Waals surface area (Å²) in [4.78, 5) is 15.5. The zero-order valence-corrected chi connectivity index (χ0v) is 17.9. The maximum absolute atomic E-state index is 5.56. The summed E-state index contributed by atoms with van der Waals surface area (Å²) in [7, 11) is 9.34. The number of hydrogen-bond donors (Lipinski definition) is 2. The van der Waals surface area contributed by atoms with E-state index in [-0.39, 0.29) is 0 Å².